The fraction of sp³-hybridized carbons (Fsp3) is 0.250. The number of halogens is 1. The zero-order valence-electron chi connectivity index (χ0n) is 15.2. The zero-order chi connectivity index (χ0) is 19.9. The number of carbonyl (C=O) groups is 1. The van der Waals surface area contributed by atoms with Crippen molar-refractivity contribution in [3.8, 4) is 0 Å². The van der Waals surface area contributed by atoms with Crippen molar-refractivity contribution < 1.29 is 17.6 Å². The highest BCUT2D eigenvalue weighted by molar-refractivity contribution is 7.92. The fourth-order valence-electron chi connectivity index (χ4n) is 2.58. The van der Waals surface area contributed by atoms with Crippen LogP contribution in [0.15, 0.2) is 61.2 Å². The van der Waals surface area contributed by atoms with Gasteiger partial charge in [-0.25, -0.2) is 12.8 Å². The highest BCUT2D eigenvalue weighted by Gasteiger charge is 2.16. The summed E-state index contributed by atoms with van der Waals surface area (Å²) >= 11 is 0. The fourth-order valence-corrected chi connectivity index (χ4v) is 3.46. The highest BCUT2D eigenvalue weighted by atomic mass is 32.2. The van der Waals surface area contributed by atoms with Gasteiger partial charge in [0.1, 0.15) is 5.82 Å². The third-order valence-corrected chi connectivity index (χ3v) is 5.11. The third-order valence-electron chi connectivity index (χ3n) is 3.95. The first kappa shape index (κ1) is 20.6. The summed E-state index contributed by atoms with van der Waals surface area (Å²) in [5.74, 6) is -0.492. The lowest BCUT2D eigenvalue weighted by Gasteiger charge is -2.20. The van der Waals surface area contributed by atoms with E-state index in [9.17, 15) is 17.6 Å². The maximum absolute atomic E-state index is 12.9. The van der Waals surface area contributed by atoms with E-state index in [0.717, 1.165) is 24.7 Å². The number of benzene rings is 2. The second-order valence-corrected chi connectivity index (χ2v) is 8.02. The van der Waals surface area contributed by atoms with Crippen molar-refractivity contribution in [1.82, 2.24) is 5.32 Å². The van der Waals surface area contributed by atoms with E-state index in [2.05, 4.69) is 11.9 Å². The minimum Gasteiger partial charge on any atom is -0.352 e. The summed E-state index contributed by atoms with van der Waals surface area (Å²) in [5.41, 5.74) is 1.94. The van der Waals surface area contributed by atoms with Crippen LogP contribution in [0.5, 0.6) is 0 Å². The van der Waals surface area contributed by atoms with Crippen LogP contribution in [-0.2, 0) is 16.4 Å². The number of rotatable bonds is 9. The van der Waals surface area contributed by atoms with Gasteiger partial charge >= 0.3 is 0 Å². The van der Waals surface area contributed by atoms with E-state index in [-0.39, 0.29) is 18.3 Å². The number of carbonyl (C=O) groups excluding carboxylic acids is 1. The van der Waals surface area contributed by atoms with Gasteiger partial charge < -0.3 is 5.32 Å². The Bertz CT molecular complexity index is 878. The molecule has 27 heavy (non-hydrogen) atoms. The molecular weight excluding hydrogens is 367 g/mol. The van der Waals surface area contributed by atoms with Gasteiger partial charge in [0.05, 0.1) is 18.5 Å². The normalized spacial score (nSPS) is 11.0. The molecule has 7 heteroatoms. The summed E-state index contributed by atoms with van der Waals surface area (Å²) in [6.45, 7) is 4.21. The molecule has 1 amide bonds. The van der Waals surface area contributed by atoms with Gasteiger partial charge in [-0.05, 0) is 54.8 Å². The van der Waals surface area contributed by atoms with Crippen molar-refractivity contribution in [2.45, 2.75) is 12.8 Å². The smallest absolute Gasteiger partial charge is 0.251 e. The van der Waals surface area contributed by atoms with Crippen LogP contribution in [0, 0.1) is 5.82 Å². The molecule has 0 radical (unpaired) electrons. The highest BCUT2D eigenvalue weighted by Crippen LogP contribution is 2.18. The Kier molecular flexibility index (Phi) is 7.12. The van der Waals surface area contributed by atoms with Crippen LogP contribution in [0.4, 0.5) is 10.1 Å². The van der Waals surface area contributed by atoms with Gasteiger partial charge in [0.2, 0.25) is 10.0 Å². The Morgan fingerprint density at radius 2 is 1.78 bits per heavy atom. The molecule has 0 aliphatic carbocycles. The summed E-state index contributed by atoms with van der Waals surface area (Å²) in [6.07, 6.45) is 4.10. The number of sulfonamides is 1. The first-order valence-corrected chi connectivity index (χ1v) is 10.4. The lowest BCUT2D eigenvalue weighted by Crippen LogP contribution is -2.30. The van der Waals surface area contributed by atoms with E-state index in [4.69, 9.17) is 0 Å². The first-order valence-electron chi connectivity index (χ1n) is 8.52. The standard InChI is InChI=1S/C20H23FN2O3S/c1-3-15-23(27(2,25)26)19-12-8-17(9-13-19)20(24)22-14-4-5-16-6-10-18(21)11-7-16/h3,6-13H,1,4-5,14-15H2,2H3,(H,22,24). The van der Waals surface area contributed by atoms with Crippen LogP contribution in [0.2, 0.25) is 0 Å². The SMILES string of the molecule is C=CCN(c1ccc(C(=O)NCCCc2ccc(F)cc2)cc1)S(C)(=O)=O. The average molecular weight is 390 g/mol. The summed E-state index contributed by atoms with van der Waals surface area (Å²) in [6, 6.07) is 12.7. The maximum atomic E-state index is 12.9. The molecule has 0 fully saturated rings. The molecule has 0 heterocycles. The molecule has 0 aliphatic heterocycles. The van der Waals surface area contributed by atoms with Crippen LogP contribution in [0.3, 0.4) is 0 Å². The number of nitrogens with one attached hydrogen (secondary N) is 1. The summed E-state index contributed by atoms with van der Waals surface area (Å²) in [5, 5.41) is 2.82. The molecule has 2 aromatic carbocycles. The predicted octanol–water partition coefficient (Wildman–Crippen LogP) is 3.14. The van der Waals surface area contributed by atoms with E-state index in [1.54, 1.807) is 36.4 Å². The first-order chi connectivity index (χ1) is 12.8. The summed E-state index contributed by atoms with van der Waals surface area (Å²) in [4.78, 5) is 12.2. The molecule has 0 saturated heterocycles. The van der Waals surface area contributed by atoms with Crippen molar-refractivity contribution in [3.05, 3.63) is 78.1 Å². The van der Waals surface area contributed by atoms with Crippen molar-refractivity contribution in [1.29, 1.82) is 0 Å². The van der Waals surface area contributed by atoms with E-state index in [0.29, 0.717) is 17.8 Å². The van der Waals surface area contributed by atoms with Crippen LogP contribution in [0.1, 0.15) is 22.3 Å². The van der Waals surface area contributed by atoms with E-state index in [1.807, 2.05) is 0 Å². The number of nitrogens with zero attached hydrogens (tertiary/aromatic N) is 1. The number of hydrogen-bond acceptors (Lipinski definition) is 3. The van der Waals surface area contributed by atoms with E-state index < -0.39 is 10.0 Å². The molecule has 144 valence electrons. The Hall–Kier alpha value is -2.67. The number of aryl methyl sites for hydroxylation is 1. The molecule has 1 N–H and O–H groups in total. The predicted molar refractivity (Wildman–Crippen MR) is 106 cm³/mol. The minimum absolute atomic E-state index is 0.160. The number of hydrogen-bond donors (Lipinski definition) is 1. The molecule has 0 bridgehead atoms. The Balaban J connectivity index is 1.89. The van der Waals surface area contributed by atoms with Gasteiger partial charge in [-0.3, -0.25) is 9.10 Å². The second kappa shape index (κ2) is 9.32. The van der Waals surface area contributed by atoms with Crippen LogP contribution < -0.4 is 9.62 Å². The van der Waals surface area contributed by atoms with Crippen LogP contribution in [0.25, 0.3) is 0 Å². The van der Waals surface area contributed by atoms with Gasteiger partial charge in [-0.1, -0.05) is 18.2 Å². The maximum Gasteiger partial charge on any atom is 0.251 e. The third kappa shape index (κ3) is 6.21. The Morgan fingerprint density at radius 3 is 2.33 bits per heavy atom. The molecule has 2 rings (SSSR count). The molecule has 2 aromatic rings. The average Bonchev–Trinajstić information content (AvgIpc) is 2.64. The molecule has 0 saturated carbocycles. The minimum atomic E-state index is -3.42. The monoisotopic (exact) mass is 390 g/mol. The summed E-state index contributed by atoms with van der Waals surface area (Å²) < 4.78 is 37.7. The number of amides is 1. The quantitative estimate of drug-likeness (QED) is 0.528. The largest absolute Gasteiger partial charge is 0.352 e. The molecule has 0 atom stereocenters. The van der Waals surface area contributed by atoms with Crippen molar-refractivity contribution >= 4 is 21.6 Å². The molecule has 0 aromatic heterocycles. The van der Waals surface area contributed by atoms with Gasteiger partial charge in [0.15, 0.2) is 0 Å². The molecule has 0 spiro atoms. The van der Waals surface area contributed by atoms with Crippen LogP contribution >= 0.6 is 0 Å². The van der Waals surface area contributed by atoms with Crippen molar-refractivity contribution in [2.75, 3.05) is 23.7 Å². The van der Waals surface area contributed by atoms with Gasteiger partial charge in [0.25, 0.3) is 5.91 Å². The van der Waals surface area contributed by atoms with E-state index >= 15 is 0 Å². The molecule has 0 aliphatic rings. The Labute approximate surface area is 159 Å². The van der Waals surface area contributed by atoms with E-state index in [1.165, 1.54) is 22.5 Å². The van der Waals surface area contributed by atoms with Crippen LogP contribution in [-0.4, -0.2) is 33.7 Å². The Morgan fingerprint density at radius 1 is 1.15 bits per heavy atom. The topological polar surface area (TPSA) is 66.5 Å². The van der Waals surface area contributed by atoms with Gasteiger partial charge in [0, 0.05) is 12.1 Å². The molecule has 5 nitrogen and oxygen atoms in total. The number of anilines is 1. The van der Waals surface area contributed by atoms with Crippen molar-refractivity contribution in [2.24, 2.45) is 0 Å². The van der Waals surface area contributed by atoms with Crippen molar-refractivity contribution in [3.63, 3.8) is 0 Å². The zero-order valence-corrected chi connectivity index (χ0v) is 16.0. The lowest BCUT2D eigenvalue weighted by atomic mass is 10.1. The van der Waals surface area contributed by atoms with Gasteiger partial charge in [-0.15, -0.1) is 6.58 Å². The van der Waals surface area contributed by atoms with Gasteiger partial charge in [-0.2, -0.15) is 0 Å². The second-order valence-electron chi connectivity index (χ2n) is 6.12. The lowest BCUT2D eigenvalue weighted by molar-refractivity contribution is 0.0953. The molecule has 0 unspecified atom stereocenters. The molecular formula is C20H23FN2O3S. The summed E-state index contributed by atoms with van der Waals surface area (Å²) in [7, 11) is -3.42.